The van der Waals surface area contributed by atoms with Crippen molar-refractivity contribution in [1.29, 1.82) is 0 Å². The van der Waals surface area contributed by atoms with Gasteiger partial charge in [0.2, 0.25) is 0 Å². The number of rotatable bonds is 4. The summed E-state index contributed by atoms with van der Waals surface area (Å²) in [4.78, 5) is 1.08. The predicted molar refractivity (Wildman–Crippen MR) is 68.7 cm³/mol. The zero-order valence-corrected chi connectivity index (χ0v) is 10.3. The SMILES string of the molecule is C=C(C)CCC(O)c1cc2sccc2s1. The summed E-state index contributed by atoms with van der Waals surface area (Å²) >= 11 is 3.43. The van der Waals surface area contributed by atoms with Crippen LogP contribution in [0.25, 0.3) is 9.40 Å². The summed E-state index contributed by atoms with van der Waals surface area (Å²) in [6, 6.07) is 4.22. The van der Waals surface area contributed by atoms with E-state index in [0.717, 1.165) is 23.3 Å². The molecule has 0 saturated heterocycles. The van der Waals surface area contributed by atoms with Crippen molar-refractivity contribution < 1.29 is 5.11 Å². The number of hydrogen-bond donors (Lipinski definition) is 1. The summed E-state index contributed by atoms with van der Waals surface area (Å²) in [5, 5.41) is 12.1. The Morgan fingerprint density at radius 2 is 2.33 bits per heavy atom. The molecule has 0 fully saturated rings. The summed E-state index contributed by atoms with van der Waals surface area (Å²) < 4.78 is 2.56. The number of thiophene rings is 2. The fraction of sp³-hybridized carbons (Fsp3) is 0.333. The average molecular weight is 238 g/mol. The molecule has 0 aromatic carbocycles. The first-order valence-electron chi connectivity index (χ1n) is 4.96. The Morgan fingerprint density at radius 3 is 3.00 bits per heavy atom. The highest BCUT2D eigenvalue weighted by Crippen LogP contribution is 2.34. The van der Waals surface area contributed by atoms with Gasteiger partial charge in [-0.2, -0.15) is 0 Å². The number of allylic oxidation sites excluding steroid dienone is 1. The summed E-state index contributed by atoms with van der Waals surface area (Å²) in [7, 11) is 0. The molecule has 2 rings (SSSR count). The monoisotopic (exact) mass is 238 g/mol. The summed E-state index contributed by atoms with van der Waals surface area (Å²) in [5.41, 5.74) is 1.13. The second-order valence-electron chi connectivity index (χ2n) is 3.81. The molecule has 0 spiro atoms. The molecule has 2 aromatic heterocycles. The minimum atomic E-state index is -0.328. The summed E-state index contributed by atoms with van der Waals surface area (Å²) in [5.74, 6) is 0. The maximum atomic E-state index is 9.96. The Bertz CT molecular complexity index is 438. The van der Waals surface area contributed by atoms with Crippen molar-refractivity contribution in [2.45, 2.75) is 25.9 Å². The van der Waals surface area contributed by atoms with Crippen LogP contribution in [0.15, 0.2) is 29.7 Å². The van der Waals surface area contributed by atoms with Crippen molar-refractivity contribution in [3.63, 3.8) is 0 Å². The number of hydrogen-bond acceptors (Lipinski definition) is 3. The van der Waals surface area contributed by atoms with Gasteiger partial charge < -0.3 is 5.11 Å². The van der Waals surface area contributed by atoms with Crippen molar-refractivity contribution in [2.24, 2.45) is 0 Å². The third-order valence-electron chi connectivity index (χ3n) is 2.33. The van der Waals surface area contributed by atoms with Crippen molar-refractivity contribution in [2.75, 3.05) is 0 Å². The molecule has 0 bridgehead atoms. The van der Waals surface area contributed by atoms with E-state index < -0.39 is 0 Å². The van der Waals surface area contributed by atoms with E-state index in [1.54, 1.807) is 22.7 Å². The van der Waals surface area contributed by atoms with Crippen LogP contribution >= 0.6 is 22.7 Å². The highest BCUT2D eigenvalue weighted by atomic mass is 32.1. The van der Waals surface area contributed by atoms with Gasteiger partial charge in [0.05, 0.1) is 6.10 Å². The molecule has 2 heterocycles. The molecule has 0 aliphatic heterocycles. The molecule has 15 heavy (non-hydrogen) atoms. The van der Waals surface area contributed by atoms with Gasteiger partial charge in [-0.15, -0.1) is 29.3 Å². The molecule has 0 radical (unpaired) electrons. The topological polar surface area (TPSA) is 20.2 Å². The first kappa shape index (κ1) is 10.9. The van der Waals surface area contributed by atoms with Crippen LogP contribution in [0.2, 0.25) is 0 Å². The molecular weight excluding hydrogens is 224 g/mol. The molecule has 1 nitrogen and oxygen atoms in total. The van der Waals surface area contributed by atoms with Crippen LogP contribution in [0.5, 0.6) is 0 Å². The Balaban J connectivity index is 2.09. The fourth-order valence-corrected chi connectivity index (χ4v) is 3.61. The molecule has 0 saturated carbocycles. The number of aliphatic hydroxyl groups excluding tert-OH is 1. The Labute approximate surface area is 97.7 Å². The van der Waals surface area contributed by atoms with Gasteiger partial charge in [-0.25, -0.2) is 0 Å². The van der Waals surface area contributed by atoms with Crippen molar-refractivity contribution >= 4 is 32.1 Å². The first-order valence-corrected chi connectivity index (χ1v) is 6.66. The van der Waals surface area contributed by atoms with Gasteiger partial charge in [0.1, 0.15) is 0 Å². The van der Waals surface area contributed by atoms with Crippen molar-refractivity contribution in [3.8, 4) is 0 Å². The molecule has 80 valence electrons. The third-order valence-corrected chi connectivity index (χ3v) is 4.53. The summed E-state index contributed by atoms with van der Waals surface area (Å²) in [6.07, 6.45) is 1.35. The highest BCUT2D eigenvalue weighted by Gasteiger charge is 2.11. The second kappa shape index (κ2) is 4.47. The van der Waals surface area contributed by atoms with E-state index in [2.05, 4.69) is 24.1 Å². The minimum absolute atomic E-state index is 0.328. The van der Waals surface area contributed by atoms with Crippen LogP contribution in [-0.2, 0) is 0 Å². The minimum Gasteiger partial charge on any atom is -0.388 e. The fourth-order valence-electron chi connectivity index (χ4n) is 1.47. The first-order chi connectivity index (χ1) is 7.16. The molecule has 2 aromatic rings. The third kappa shape index (κ3) is 2.48. The second-order valence-corrected chi connectivity index (χ2v) is 5.87. The molecule has 0 aliphatic carbocycles. The van der Waals surface area contributed by atoms with E-state index in [0.29, 0.717) is 0 Å². The van der Waals surface area contributed by atoms with Crippen LogP contribution in [0.3, 0.4) is 0 Å². The van der Waals surface area contributed by atoms with Gasteiger partial charge >= 0.3 is 0 Å². The number of aliphatic hydroxyl groups is 1. The predicted octanol–water partition coefficient (Wildman–Crippen LogP) is 4.35. The van der Waals surface area contributed by atoms with Crippen LogP contribution in [-0.4, -0.2) is 5.11 Å². The lowest BCUT2D eigenvalue weighted by Gasteiger charge is -2.07. The van der Waals surface area contributed by atoms with E-state index in [-0.39, 0.29) is 6.10 Å². The maximum absolute atomic E-state index is 9.96. The lowest BCUT2D eigenvalue weighted by molar-refractivity contribution is 0.171. The molecule has 0 amide bonds. The van der Waals surface area contributed by atoms with Crippen LogP contribution < -0.4 is 0 Å². The van der Waals surface area contributed by atoms with Gasteiger partial charge in [0.15, 0.2) is 0 Å². The van der Waals surface area contributed by atoms with E-state index in [4.69, 9.17) is 0 Å². The van der Waals surface area contributed by atoms with Gasteiger partial charge in [0.25, 0.3) is 0 Å². The molecule has 0 aliphatic rings. The zero-order valence-electron chi connectivity index (χ0n) is 8.69. The molecule has 1 N–H and O–H groups in total. The van der Waals surface area contributed by atoms with Gasteiger partial charge in [-0.1, -0.05) is 5.57 Å². The largest absolute Gasteiger partial charge is 0.388 e. The van der Waals surface area contributed by atoms with Crippen molar-refractivity contribution in [3.05, 3.63) is 34.5 Å². The van der Waals surface area contributed by atoms with Crippen LogP contribution in [0, 0.1) is 0 Å². The number of fused-ring (bicyclic) bond motifs is 1. The summed E-state index contributed by atoms with van der Waals surface area (Å²) in [6.45, 7) is 5.85. The molecule has 1 unspecified atom stereocenters. The van der Waals surface area contributed by atoms with E-state index in [1.165, 1.54) is 9.40 Å². The highest BCUT2D eigenvalue weighted by molar-refractivity contribution is 7.26. The Morgan fingerprint density at radius 1 is 1.53 bits per heavy atom. The smallest absolute Gasteiger partial charge is 0.0885 e. The maximum Gasteiger partial charge on any atom is 0.0885 e. The zero-order chi connectivity index (χ0) is 10.8. The average Bonchev–Trinajstić information content (AvgIpc) is 2.72. The van der Waals surface area contributed by atoms with E-state index in [9.17, 15) is 5.11 Å². The quantitative estimate of drug-likeness (QED) is 0.785. The Kier molecular flexibility index (Phi) is 3.24. The van der Waals surface area contributed by atoms with Gasteiger partial charge in [-0.3, -0.25) is 0 Å². The van der Waals surface area contributed by atoms with Gasteiger partial charge in [-0.05, 0) is 37.3 Å². The van der Waals surface area contributed by atoms with Crippen LogP contribution in [0.1, 0.15) is 30.7 Å². The van der Waals surface area contributed by atoms with E-state index in [1.807, 2.05) is 6.92 Å². The Hall–Kier alpha value is -0.640. The van der Waals surface area contributed by atoms with E-state index >= 15 is 0 Å². The molecular formula is C12H14OS2. The van der Waals surface area contributed by atoms with Crippen LogP contribution in [0.4, 0.5) is 0 Å². The molecule has 3 heteroatoms. The van der Waals surface area contributed by atoms with Crippen molar-refractivity contribution in [1.82, 2.24) is 0 Å². The van der Waals surface area contributed by atoms with Gasteiger partial charge in [0, 0.05) is 14.3 Å². The normalized spacial score (nSPS) is 13.2. The molecule has 1 atom stereocenters. The lowest BCUT2D eigenvalue weighted by atomic mass is 10.1. The lowest BCUT2D eigenvalue weighted by Crippen LogP contribution is -1.94. The standard InChI is InChI=1S/C12H14OS2/c1-8(2)3-4-9(13)11-7-12-10(15-11)5-6-14-12/h5-7,9,13H,1,3-4H2,2H3.